The van der Waals surface area contributed by atoms with E-state index in [4.69, 9.17) is 4.52 Å². The Kier molecular flexibility index (Phi) is 3.30. The van der Waals surface area contributed by atoms with Crippen molar-refractivity contribution in [1.29, 1.82) is 0 Å². The number of rotatable bonds is 3. The predicted octanol–water partition coefficient (Wildman–Crippen LogP) is 1.89. The van der Waals surface area contributed by atoms with Gasteiger partial charge in [0.25, 0.3) is 0 Å². The van der Waals surface area contributed by atoms with Gasteiger partial charge in [0.2, 0.25) is 0 Å². The van der Waals surface area contributed by atoms with Crippen LogP contribution in [0.5, 0.6) is 0 Å². The largest absolute Gasteiger partial charge is 0.361 e. The maximum absolute atomic E-state index is 4.97. The molecule has 1 fully saturated rings. The van der Waals surface area contributed by atoms with Crippen LogP contribution in [-0.2, 0) is 6.54 Å². The van der Waals surface area contributed by atoms with Crippen LogP contribution in [0.15, 0.2) is 21.8 Å². The molecule has 0 saturated carbocycles. The van der Waals surface area contributed by atoms with Gasteiger partial charge < -0.3 is 9.84 Å². The Morgan fingerprint density at radius 1 is 1.73 bits per heavy atom. The van der Waals surface area contributed by atoms with Crippen LogP contribution < -0.4 is 5.32 Å². The molecule has 1 aromatic rings. The SMILES string of the molecule is CC(C)C1CSC(=NCc2ccno2)N1. The summed E-state index contributed by atoms with van der Waals surface area (Å²) < 4.78 is 4.97. The number of hydrogen-bond acceptors (Lipinski definition) is 4. The van der Waals surface area contributed by atoms with Crippen molar-refractivity contribution in [1.82, 2.24) is 10.5 Å². The third-order valence-corrected chi connectivity index (χ3v) is 3.43. The highest BCUT2D eigenvalue weighted by molar-refractivity contribution is 8.14. The van der Waals surface area contributed by atoms with Gasteiger partial charge in [-0.3, -0.25) is 4.99 Å². The lowest BCUT2D eigenvalue weighted by Crippen LogP contribution is -2.31. The van der Waals surface area contributed by atoms with E-state index in [2.05, 4.69) is 29.3 Å². The van der Waals surface area contributed by atoms with Crippen molar-refractivity contribution in [2.45, 2.75) is 26.4 Å². The second kappa shape index (κ2) is 4.70. The molecular formula is C10H15N3OS. The monoisotopic (exact) mass is 225 g/mol. The molecule has 0 spiro atoms. The van der Waals surface area contributed by atoms with Gasteiger partial charge in [0.15, 0.2) is 10.9 Å². The molecular weight excluding hydrogens is 210 g/mol. The normalized spacial score (nSPS) is 23.7. The first-order valence-electron chi connectivity index (χ1n) is 5.09. The highest BCUT2D eigenvalue weighted by atomic mass is 32.2. The minimum absolute atomic E-state index is 0.545. The summed E-state index contributed by atoms with van der Waals surface area (Å²) in [6.45, 7) is 5.01. The highest BCUT2D eigenvalue weighted by Gasteiger charge is 2.22. The number of hydrogen-bond donors (Lipinski definition) is 1. The zero-order valence-corrected chi connectivity index (χ0v) is 9.75. The van der Waals surface area contributed by atoms with E-state index >= 15 is 0 Å². The molecule has 1 aliphatic rings. The number of aromatic nitrogens is 1. The molecule has 15 heavy (non-hydrogen) atoms. The van der Waals surface area contributed by atoms with Crippen LogP contribution in [0.2, 0.25) is 0 Å². The predicted molar refractivity (Wildman–Crippen MR) is 61.9 cm³/mol. The van der Waals surface area contributed by atoms with Gasteiger partial charge in [-0.1, -0.05) is 30.8 Å². The van der Waals surface area contributed by atoms with Crippen LogP contribution in [0.25, 0.3) is 0 Å². The molecule has 1 saturated heterocycles. The van der Waals surface area contributed by atoms with Crippen LogP contribution >= 0.6 is 11.8 Å². The molecule has 1 atom stereocenters. The lowest BCUT2D eigenvalue weighted by atomic mass is 10.1. The van der Waals surface area contributed by atoms with E-state index in [-0.39, 0.29) is 0 Å². The molecule has 1 aliphatic heterocycles. The van der Waals surface area contributed by atoms with Crippen LogP contribution in [0.1, 0.15) is 19.6 Å². The molecule has 0 aromatic carbocycles. The second-order valence-electron chi connectivity index (χ2n) is 3.91. The zero-order chi connectivity index (χ0) is 10.7. The molecule has 2 rings (SSSR count). The van der Waals surface area contributed by atoms with Crippen molar-refractivity contribution in [2.75, 3.05) is 5.75 Å². The lowest BCUT2D eigenvalue weighted by Gasteiger charge is -2.12. The third-order valence-electron chi connectivity index (χ3n) is 2.38. The molecule has 4 nitrogen and oxygen atoms in total. The second-order valence-corrected chi connectivity index (χ2v) is 4.91. The van der Waals surface area contributed by atoms with Crippen LogP contribution in [0.4, 0.5) is 0 Å². The molecule has 5 heteroatoms. The molecule has 0 amide bonds. The van der Waals surface area contributed by atoms with E-state index in [0.29, 0.717) is 18.5 Å². The summed E-state index contributed by atoms with van der Waals surface area (Å²) in [5, 5.41) is 8.06. The van der Waals surface area contributed by atoms with Crippen molar-refractivity contribution in [3.8, 4) is 0 Å². The Hall–Kier alpha value is -0.970. The van der Waals surface area contributed by atoms with Crippen molar-refractivity contribution < 1.29 is 4.52 Å². The Bertz CT molecular complexity index is 334. The van der Waals surface area contributed by atoms with E-state index in [1.54, 1.807) is 18.0 Å². The summed E-state index contributed by atoms with van der Waals surface area (Å²) in [5.74, 6) is 2.56. The van der Waals surface area contributed by atoms with Crippen LogP contribution in [0.3, 0.4) is 0 Å². The molecule has 82 valence electrons. The van der Waals surface area contributed by atoms with Gasteiger partial charge >= 0.3 is 0 Å². The topological polar surface area (TPSA) is 50.4 Å². The van der Waals surface area contributed by atoms with E-state index in [9.17, 15) is 0 Å². The molecule has 1 aromatic heterocycles. The Labute approximate surface area is 93.5 Å². The summed E-state index contributed by atoms with van der Waals surface area (Å²) in [7, 11) is 0. The minimum atomic E-state index is 0.545. The van der Waals surface area contributed by atoms with Crippen LogP contribution in [0, 0.1) is 5.92 Å². The Morgan fingerprint density at radius 2 is 2.60 bits per heavy atom. The molecule has 0 aliphatic carbocycles. The average molecular weight is 225 g/mol. The van der Waals surface area contributed by atoms with Gasteiger partial charge in [0.05, 0.1) is 6.20 Å². The van der Waals surface area contributed by atoms with E-state index in [0.717, 1.165) is 16.7 Å². The van der Waals surface area contributed by atoms with Crippen molar-refractivity contribution >= 4 is 16.9 Å². The van der Waals surface area contributed by atoms with Crippen molar-refractivity contribution in [3.05, 3.63) is 18.0 Å². The van der Waals surface area contributed by atoms with Gasteiger partial charge in [-0.25, -0.2) is 0 Å². The Morgan fingerprint density at radius 3 is 3.20 bits per heavy atom. The maximum Gasteiger partial charge on any atom is 0.158 e. The fraction of sp³-hybridized carbons (Fsp3) is 0.600. The van der Waals surface area contributed by atoms with Crippen LogP contribution in [-0.4, -0.2) is 22.1 Å². The van der Waals surface area contributed by atoms with E-state index in [1.807, 2.05) is 6.07 Å². The molecule has 0 bridgehead atoms. The number of amidine groups is 1. The van der Waals surface area contributed by atoms with Crippen molar-refractivity contribution in [2.24, 2.45) is 10.9 Å². The Balaban J connectivity index is 1.88. The van der Waals surface area contributed by atoms with Gasteiger partial charge in [-0.2, -0.15) is 0 Å². The third kappa shape index (κ3) is 2.75. The van der Waals surface area contributed by atoms with Crippen molar-refractivity contribution in [3.63, 3.8) is 0 Å². The number of thioether (sulfide) groups is 1. The molecule has 0 radical (unpaired) electrons. The fourth-order valence-corrected chi connectivity index (χ4v) is 2.53. The molecule has 1 N–H and O–H groups in total. The van der Waals surface area contributed by atoms with Gasteiger partial charge in [0, 0.05) is 17.9 Å². The summed E-state index contributed by atoms with van der Waals surface area (Å²) in [4.78, 5) is 4.43. The van der Waals surface area contributed by atoms with Gasteiger partial charge in [0.1, 0.15) is 6.54 Å². The minimum Gasteiger partial charge on any atom is -0.361 e. The van der Waals surface area contributed by atoms with Gasteiger partial charge in [-0.05, 0) is 5.92 Å². The summed E-state index contributed by atoms with van der Waals surface area (Å²) in [6.07, 6.45) is 1.64. The standard InChI is InChI=1S/C10H15N3OS/c1-7(2)9-6-15-10(13-9)11-5-8-3-4-12-14-8/h3-4,7,9H,5-6H2,1-2H3,(H,11,13). The first-order valence-corrected chi connectivity index (χ1v) is 6.07. The average Bonchev–Trinajstić information content (AvgIpc) is 2.86. The summed E-state index contributed by atoms with van der Waals surface area (Å²) in [5.41, 5.74) is 0. The number of nitrogens with zero attached hydrogens (tertiary/aromatic N) is 2. The first kappa shape index (κ1) is 10.5. The van der Waals surface area contributed by atoms with E-state index in [1.165, 1.54) is 0 Å². The summed E-state index contributed by atoms with van der Waals surface area (Å²) >= 11 is 1.78. The highest BCUT2D eigenvalue weighted by Crippen LogP contribution is 2.19. The van der Waals surface area contributed by atoms with Gasteiger partial charge in [-0.15, -0.1) is 0 Å². The summed E-state index contributed by atoms with van der Waals surface area (Å²) in [6, 6.07) is 2.38. The first-order chi connectivity index (χ1) is 7.25. The quantitative estimate of drug-likeness (QED) is 0.853. The fourth-order valence-electron chi connectivity index (χ4n) is 1.33. The number of aliphatic imine (C=N–C) groups is 1. The van der Waals surface area contributed by atoms with E-state index < -0.39 is 0 Å². The zero-order valence-electron chi connectivity index (χ0n) is 8.93. The smallest absolute Gasteiger partial charge is 0.158 e. The molecule has 2 heterocycles. The lowest BCUT2D eigenvalue weighted by molar-refractivity contribution is 0.385. The number of nitrogens with one attached hydrogen (secondary N) is 1. The maximum atomic E-state index is 4.97. The molecule has 1 unspecified atom stereocenters.